The number of anilines is 1. The van der Waals surface area contributed by atoms with Crippen molar-refractivity contribution >= 4 is 11.5 Å². The monoisotopic (exact) mass is 285 g/mol. The number of hydrogen-bond donors (Lipinski definition) is 2. The summed E-state index contributed by atoms with van der Waals surface area (Å²) in [6.07, 6.45) is 3.75. The van der Waals surface area contributed by atoms with Gasteiger partial charge in [-0.15, -0.1) is 0 Å². The van der Waals surface area contributed by atoms with Crippen molar-refractivity contribution in [1.82, 2.24) is 9.97 Å². The van der Waals surface area contributed by atoms with Crippen LogP contribution in [0, 0.1) is 6.92 Å². The van der Waals surface area contributed by atoms with Crippen LogP contribution in [0.15, 0.2) is 29.1 Å². The molecule has 0 bridgehead atoms. The van der Waals surface area contributed by atoms with E-state index in [4.69, 9.17) is 0 Å². The minimum absolute atomic E-state index is 0.156. The van der Waals surface area contributed by atoms with Gasteiger partial charge in [-0.05, 0) is 50.5 Å². The molecule has 2 heterocycles. The van der Waals surface area contributed by atoms with Crippen LogP contribution in [-0.4, -0.2) is 28.8 Å². The molecule has 1 saturated heterocycles. The summed E-state index contributed by atoms with van der Waals surface area (Å²) < 4.78 is 0. The van der Waals surface area contributed by atoms with Crippen LogP contribution >= 0.6 is 0 Å². The summed E-state index contributed by atoms with van der Waals surface area (Å²) in [5, 5.41) is 0. The molecule has 1 fully saturated rings. The smallest absolute Gasteiger partial charge is 0.323 e. The number of hydrogen-bond acceptors (Lipinski definition) is 3. The second-order valence-corrected chi connectivity index (χ2v) is 5.50. The Balaban J connectivity index is 1.82. The molecule has 1 aromatic carbocycles. The zero-order valence-corrected chi connectivity index (χ0v) is 12.1. The Bertz CT molecular complexity index is 691. The first-order valence-corrected chi connectivity index (χ1v) is 7.34. The number of ketones is 1. The number of piperidine rings is 1. The zero-order valence-electron chi connectivity index (χ0n) is 12.1. The van der Waals surface area contributed by atoms with Gasteiger partial charge in [-0.1, -0.05) is 0 Å². The molecule has 0 radical (unpaired) electrons. The molecule has 0 amide bonds. The van der Waals surface area contributed by atoms with E-state index in [1.54, 1.807) is 6.92 Å². The molecule has 1 aliphatic rings. The van der Waals surface area contributed by atoms with Gasteiger partial charge in [-0.3, -0.25) is 4.79 Å². The van der Waals surface area contributed by atoms with E-state index >= 15 is 0 Å². The van der Waals surface area contributed by atoms with Gasteiger partial charge in [-0.25, -0.2) is 4.79 Å². The number of nitrogens with one attached hydrogen (secondary N) is 2. The van der Waals surface area contributed by atoms with Crippen LogP contribution in [-0.2, 0) is 0 Å². The molecule has 5 nitrogen and oxygen atoms in total. The van der Waals surface area contributed by atoms with Gasteiger partial charge in [0.2, 0.25) is 5.78 Å². The molecule has 110 valence electrons. The van der Waals surface area contributed by atoms with E-state index in [1.807, 2.05) is 24.3 Å². The van der Waals surface area contributed by atoms with E-state index in [1.165, 1.54) is 19.3 Å². The van der Waals surface area contributed by atoms with Crippen molar-refractivity contribution in [2.24, 2.45) is 0 Å². The Labute approximate surface area is 123 Å². The van der Waals surface area contributed by atoms with Crippen molar-refractivity contribution < 1.29 is 4.79 Å². The number of H-pyrrole nitrogens is 2. The zero-order chi connectivity index (χ0) is 14.8. The number of carbonyl (C=O) groups excluding carboxylic acids is 1. The summed E-state index contributed by atoms with van der Waals surface area (Å²) in [5.41, 5.74) is 2.32. The number of benzene rings is 1. The molecule has 3 rings (SSSR count). The highest BCUT2D eigenvalue weighted by Crippen LogP contribution is 2.21. The second-order valence-electron chi connectivity index (χ2n) is 5.50. The molecule has 0 saturated carbocycles. The third kappa shape index (κ3) is 2.77. The molecule has 0 spiro atoms. The van der Waals surface area contributed by atoms with Gasteiger partial charge < -0.3 is 14.9 Å². The van der Waals surface area contributed by atoms with Crippen LogP contribution in [0.2, 0.25) is 0 Å². The minimum Gasteiger partial charge on any atom is -0.372 e. The highest BCUT2D eigenvalue weighted by molar-refractivity contribution is 6.08. The fraction of sp³-hybridized carbons (Fsp3) is 0.375. The highest BCUT2D eigenvalue weighted by atomic mass is 16.1. The van der Waals surface area contributed by atoms with Crippen molar-refractivity contribution in [2.75, 3.05) is 18.0 Å². The van der Waals surface area contributed by atoms with Crippen molar-refractivity contribution in [3.63, 3.8) is 0 Å². The van der Waals surface area contributed by atoms with Crippen LogP contribution in [0.1, 0.15) is 41.0 Å². The van der Waals surface area contributed by atoms with Crippen molar-refractivity contribution in [1.29, 1.82) is 0 Å². The average Bonchev–Trinajstić information content (AvgIpc) is 2.86. The molecular weight excluding hydrogens is 266 g/mol. The Kier molecular flexibility index (Phi) is 3.64. The van der Waals surface area contributed by atoms with Gasteiger partial charge in [-0.2, -0.15) is 0 Å². The lowest BCUT2D eigenvalue weighted by molar-refractivity contribution is 0.103. The molecule has 1 aliphatic heterocycles. The number of aromatic nitrogens is 2. The Morgan fingerprint density at radius 2 is 1.71 bits per heavy atom. The Morgan fingerprint density at radius 1 is 1.05 bits per heavy atom. The summed E-state index contributed by atoms with van der Waals surface area (Å²) in [4.78, 5) is 31.1. The molecule has 0 aliphatic carbocycles. The second kappa shape index (κ2) is 5.60. The quantitative estimate of drug-likeness (QED) is 0.850. The van der Waals surface area contributed by atoms with Crippen LogP contribution in [0.25, 0.3) is 0 Å². The highest BCUT2D eigenvalue weighted by Gasteiger charge is 2.16. The molecular formula is C16H19N3O2. The number of aromatic amines is 2. The maximum atomic E-state index is 12.4. The fourth-order valence-corrected chi connectivity index (χ4v) is 2.82. The van der Waals surface area contributed by atoms with Crippen LogP contribution < -0.4 is 10.6 Å². The SMILES string of the molecule is Cc1[nH]c(=O)[nH]c1C(=O)c1ccc(N2CCCCC2)cc1. The minimum atomic E-state index is -0.346. The number of carbonyl (C=O) groups is 1. The van der Waals surface area contributed by atoms with E-state index < -0.39 is 0 Å². The summed E-state index contributed by atoms with van der Waals surface area (Å²) in [7, 11) is 0. The standard InChI is InChI=1S/C16H19N3O2/c1-11-14(18-16(21)17-11)15(20)12-5-7-13(8-6-12)19-9-3-2-4-10-19/h5-8H,2-4,9-10H2,1H3,(H2,17,18,21). The maximum Gasteiger partial charge on any atom is 0.323 e. The number of imidazole rings is 1. The number of aryl methyl sites for hydroxylation is 1. The van der Waals surface area contributed by atoms with Crippen LogP contribution in [0.4, 0.5) is 5.69 Å². The van der Waals surface area contributed by atoms with E-state index in [9.17, 15) is 9.59 Å². The van der Waals surface area contributed by atoms with Crippen molar-refractivity contribution in [3.05, 3.63) is 51.7 Å². The lowest BCUT2D eigenvalue weighted by Crippen LogP contribution is -2.29. The summed E-state index contributed by atoms with van der Waals surface area (Å²) in [6.45, 7) is 3.88. The van der Waals surface area contributed by atoms with Gasteiger partial charge in [0.15, 0.2) is 0 Å². The largest absolute Gasteiger partial charge is 0.372 e. The molecule has 5 heteroatoms. The van der Waals surface area contributed by atoms with Gasteiger partial charge in [0.1, 0.15) is 5.69 Å². The van der Waals surface area contributed by atoms with E-state index in [2.05, 4.69) is 14.9 Å². The van der Waals surface area contributed by atoms with E-state index in [0.29, 0.717) is 17.0 Å². The molecule has 0 atom stereocenters. The summed E-state index contributed by atoms with van der Waals surface area (Å²) >= 11 is 0. The molecule has 0 unspecified atom stereocenters. The van der Waals surface area contributed by atoms with Gasteiger partial charge in [0, 0.05) is 30.0 Å². The molecule has 21 heavy (non-hydrogen) atoms. The van der Waals surface area contributed by atoms with E-state index in [0.717, 1.165) is 18.8 Å². The first kappa shape index (κ1) is 13.7. The Morgan fingerprint density at radius 3 is 2.29 bits per heavy atom. The summed E-state index contributed by atoms with van der Waals surface area (Å²) in [5.74, 6) is -0.156. The first-order valence-electron chi connectivity index (χ1n) is 7.34. The van der Waals surface area contributed by atoms with Gasteiger partial charge >= 0.3 is 5.69 Å². The van der Waals surface area contributed by atoms with Crippen molar-refractivity contribution in [3.8, 4) is 0 Å². The van der Waals surface area contributed by atoms with Gasteiger partial charge in [0.25, 0.3) is 0 Å². The third-order valence-electron chi connectivity index (χ3n) is 3.99. The predicted octanol–water partition coefficient (Wildman–Crippen LogP) is 2.23. The molecule has 2 aromatic rings. The van der Waals surface area contributed by atoms with Crippen molar-refractivity contribution in [2.45, 2.75) is 26.2 Å². The predicted molar refractivity (Wildman–Crippen MR) is 82.1 cm³/mol. The lowest BCUT2D eigenvalue weighted by Gasteiger charge is -2.28. The normalized spacial score (nSPS) is 15.2. The molecule has 1 aromatic heterocycles. The van der Waals surface area contributed by atoms with Crippen LogP contribution in [0.3, 0.4) is 0 Å². The first-order chi connectivity index (χ1) is 10.1. The van der Waals surface area contributed by atoms with Gasteiger partial charge in [0.05, 0.1) is 0 Å². The van der Waals surface area contributed by atoms with E-state index in [-0.39, 0.29) is 11.5 Å². The topological polar surface area (TPSA) is 69.0 Å². The number of rotatable bonds is 3. The summed E-state index contributed by atoms with van der Waals surface area (Å²) in [6, 6.07) is 7.63. The average molecular weight is 285 g/mol. The Hall–Kier alpha value is -2.30. The fourth-order valence-electron chi connectivity index (χ4n) is 2.82. The van der Waals surface area contributed by atoms with Crippen LogP contribution in [0.5, 0.6) is 0 Å². The maximum absolute atomic E-state index is 12.4. The molecule has 2 N–H and O–H groups in total. The lowest BCUT2D eigenvalue weighted by atomic mass is 10.1. The third-order valence-corrected chi connectivity index (χ3v) is 3.99. The number of nitrogens with zero attached hydrogens (tertiary/aromatic N) is 1.